The van der Waals surface area contributed by atoms with E-state index in [-0.39, 0.29) is 11.5 Å². The number of hydrogen-bond donors (Lipinski definition) is 2. The van der Waals surface area contributed by atoms with Gasteiger partial charge in [-0.1, -0.05) is 32.9 Å². The third-order valence-electron chi connectivity index (χ3n) is 6.43. The maximum absolute atomic E-state index is 5.77. The van der Waals surface area contributed by atoms with Crippen molar-refractivity contribution in [2.75, 3.05) is 25.0 Å². The molecule has 0 bridgehead atoms. The lowest BCUT2D eigenvalue weighted by atomic mass is 9.95. The van der Waals surface area contributed by atoms with Crippen molar-refractivity contribution in [3.63, 3.8) is 0 Å². The van der Waals surface area contributed by atoms with Gasteiger partial charge in [0.05, 0.1) is 42.2 Å². The van der Waals surface area contributed by atoms with Crippen molar-refractivity contribution in [2.24, 2.45) is 5.41 Å². The van der Waals surface area contributed by atoms with Crippen LogP contribution in [0.1, 0.15) is 31.9 Å². The Morgan fingerprint density at radius 1 is 1.25 bits per heavy atom. The maximum atomic E-state index is 5.77. The molecule has 2 aliphatic rings. The maximum Gasteiger partial charge on any atom is 0.227 e. The minimum Gasteiger partial charge on any atom is -0.374 e. The second kappa shape index (κ2) is 10.6. The molecule has 1 unspecified atom stereocenters. The van der Waals surface area contributed by atoms with Crippen molar-refractivity contribution in [1.82, 2.24) is 30.0 Å². The van der Waals surface area contributed by atoms with E-state index in [4.69, 9.17) is 9.72 Å². The second-order valence-corrected chi connectivity index (χ2v) is 11.5. The molecule has 2 atom stereocenters. The Labute approximate surface area is 217 Å². The monoisotopic (exact) mass is 505 g/mol. The summed E-state index contributed by atoms with van der Waals surface area (Å²) < 4.78 is 7.67. The predicted octanol–water partition coefficient (Wildman–Crippen LogP) is 4.77. The van der Waals surface area contributed by atoms with E-state index in [1.165, 1.54) is 11.1 Å². The molecule has 9 heteroatoms. The number of nitrogens with zero attached hydrogens (tertiary/aromatic N) is 5. The quantitative estimate of drug-likeness (QED) is 0.475. The average molecular weight is 506 g/mol. The Kier molecular flexibility index (Phi) is 7.32. The zero-order chi connectivity index (χ0) is 25.1. The molecule has 4 heterocycles. The topological polar surface area (TPSA) is 80.1 Å². The SMILES string of the molecule is Cc1cc(-c2ccnc(Nc3cnn(CC4CNCCO4)c3)n2)ccc1CN1C=CS[C@H]1C(C)(C)C. The summed E-state index contributed by atoms with van der Waals surface area (Å²) in [6, 6.07) is 8.55. The standard InChI is InChI=1S/C27H35N7OS/c1-19-13-20(5-6-21(19)16-33-10-12-36-25(33)27(2,3)4)24-7-8-29-26(32-24)31-22-14-30-34(17-22)18-23-15-28-9-11-35-23/h5-8,10,12-14,17,23,25,28H,9,11,15-16,18H2,1-4H3,(H,29,31,32)/t23?,25-/m0/s1. The van der Waals surface area contributed by atoms with E-state index >= 15 is 0 Å². The fourth-order valence-corrected chi connectivity index (χ4v) is 5.68. The van der Waals surface area contributed by atoms with E-state index in [0.29, 0.717) is 17.9 Å². The van der Waals surface area contributed by atoms with Crippen LogP contribution in [0.5, 0.6) is 0 Å². The molecule has 2 aliphatic heterocycles. The number of benzene rings is 1. The van der Waals surface area contributed by atoms with Gasteiger partial charge in [0, 0.05) is 43.8 Å². The van der Waals surface area contributed by atoms with Crippen LogP contribution in [0.25, 0.3) is 11.3 Å². The van der Waals surface area contributed by atoms with Gasteiger partial charge in [0.1, 0.15) is 0 Å². The molecule has 2 aromatic heterocycles. The Bertz CT molecular complexity index is 1210. The number of aryl methyl sites for hydroxylation is 1. The van der Waals surface area contributed by atoms with E-state index in [9.17, 15) is 0 Å². The van der Waals surface area contributed by atoms with Crippen molar-refractivity contribution in [1.29, 1.82) is 0 Å². The van der Waals surface area contributed by atoms with Crippen LogP contribution in [0, 0.1) is 12.3 Å². The summed E-state index contributed by atoms with van der Waals surface area (Å²) in [6.45, 7) is 13.2. The number of hydrogen-bond acceptors (Lipinski definition) is 8. The number of morpholine rings is 1. The van der Waals surface area contributed by atoms with E-state index in [1.54, 1.807) is 12.4 Å². The molecule has 0 aliphatic carbocycles. The first-order valence-corrected chi connectivity index (χ1v) is 13.4. The van der Waals surface area contributed by atoms with Gasteiger partial charge in [-0.05, 0) is 41.0 Å². The highest BCUT2D eigenvalue weighted by Gasteiger charge is 2.31. The summed E-state index contributed by atoms with van der Waals surface area (Å²) in [6.07, 6.45) is 7.90. The van der Waals surface area contributed by atoms with Crippen LogP contribution in [-0.4, -0.2) is 55.8 Å². The first-order valence-electron chi connectivity index (χ1n) is 12.5. The van der Waals surface area contributed by atoms with Gasteiger partial charge in [-0.15, -0.1) is 11.8 Å². The molecule has 1 aromatic carbocycles. The third kappa shape index (κ3) is 5.91. The molecule has 2 N–H and O–H groups in total. The molecule has 0 amide bonds. The number of rotatable bonds is 7. The highest BCUT2D eigenvalue weighted by molar-refractivity contribution is 8.02. The van der Waals surface area contributed by atoms with Crippen LogP contribution < -0.4 is 10.6 Å². The lowest BCUT2D eigenvalue weighted by Crippen LogP contribution is -2.40. The molecule has 5 rings (SSSR count). The Morgan fingerprint density at radius 3 is 2.92 bits per heavy atom. The summed E-state index contributed by atoms with van der Waals surface area (Å²) >= 11 is 1.90. The first kappa shape index (κ1) is 24.8. The molecule has 36 heavy (non-hydrogen) atoms. The van der Waals surface area contributed by atoms with Crippen molar-refractivity contribution >= 4 is 23.4 Å². The van der Waals surface area contributed by atoms with Crippen molar-refractivity contribution in [3.05, 3.63) is 65.6 Å². The van der Waals surface area contributed by atoms with Crippen LogP contribution in [-0.2, 0) is 17.8 Å². The van der Waals surface area contributed by atoms with E-state index in [2.05, 4.69) is 83.1 Å². The second-order valence-electron chi connectivity index (χ2n) is 10.5. The molecular formula is C27H35N7OS. The molecule has 3 aromatic rings. The lowest BCUT2D eigenvalue weighted by Gasteiger charge is -2.35. The van der Waals surface area contributed by atoms with Crippen molar-refractivity contribution in [2.45, 2.75) is 52.3 Å². The van der Waals surface area contributed by atoms with Gasteiger partial charge in [-0.3, -0.25) is 4.68 Å². The molecular weight excluding hydrogens is 470 g/mol. The normalized spacial score (nSPS) is 20.2. The molecule has 0 spiro atoms. The number of ether oxygens (including phenoxy) is 1. The van der Waals surface area contributed by atoms with Crippen LogP contribution in [0.15, 0.2) is 54.5 Å². The highest BCUT2D eigenvalue weighted by atomic mass is 32.2. The van der Waals surface area contributed by atoms with Crippen LogP contribution >= 0.6 is 11.8 Å². The van der Waals surface area contributed by atoms with E-state index < -0.39 is 0 Å². The molecule has 0 radical (unpaired) electrons. The fourth-order valence-electron chi connectivity index (χ4n) is 4.59. The van der Waals surface area contributed by atoms with Gasteiger partial charge < -0.3 is 20.3 Å². The Balaban J connectivity index is 1.25. The molecule has 8 nitrogen and oxygen atoms in total. The van der Waals surface area contributed by atoms with E-state index in [0.717, 1.165) is 43.2 Å². The van der Waals surface area contributed by atoms with E-state index in [1.807, 2.05) is 28.7 Å². The largest absolute Gasteiger partial charge is 0.374 e. The van der Waals surface area contributed by atoms with Gasteiger partial charge >= 0.3 is 0 Å². The first-order chi connectivity index (χ1) is 17.3. The summed E-state index contributed by atoms with van der Waals surface area (Å²) in [5.41, 5.74) is 5.63. The average Bonchev–Trinajstić information content (AvgIpc) is 3.51. The predicted molar refractivity (Wildman–Crippen MR) is 146 cm³/mol. The molecule has 1 fully saturated rings. The molecule has 190 valence electrons. The highest BCUT2D eigenvalue weighted by Crippen LogP contribution is 2.39. The fraction of sp³-hybridized carbons (Fsp3) is 0.444. The van der Waals surface area contributed by atoms with Crippen LogP contribution in [0.2, 0.25) is 0 Å². The minimum absolute atomic E-state index is 0.136. The van der Waals surface area contributed by atoms with Crippen molar-refractivity contribution in [3.8, 4) is 11.3 Å². The molecule has 1 saturated heterocycles. The number of thioether (sulfide) groups is 1. The Morgan fingerprint density at radius 2 is 2.14 bits per heavy atom. The van der Waals surface area contributed by atoms with Crippen molar-refractivity contribution < 1.29 is 4.74 Å². The van der Waals surface area contributed by atoms with Gasteiger partial charge in [-0.25, -0.2) is 9.97 Å². The lowest BCUT2D eigenvalue weighted by molar-refractivity contribution is 0.0161. The number of aromatic nitrogens is 4. The summed E-state index contributed by atoms with van der Waals surface area (Å²) in [5.74, 6) is 0.552. The smallest absolute Gasteiger partial charge is 0.227 e. The zero-order valence-electron chi connectivity index (χ0n) is 21.4. The van der Waals surface area contributed by atoms with Gasteiger partial charge in [0.2, 0.25) is 5.95 Å². The van der Waals surface area contributed by atoms with Gasteiger partial charge in [-0.2, -0.15) is 5.10 Å². The van der Waals surface area contributed by atoms with Crippen LogP contribution in [0.4, 0.5) is 11.6 Å². The third-order valence-corrected chi connectivity index (χ3v) is 7.95. The summed E-state index contributed by atoms with van der Waals surface area (Å²) in [7, 11) is 0. The number of nitrogens with one attached hydrogen (secondary N) is 2. The molecule has 0 saturated carbocycles. The van der Waals surface area contributed by atoms with Crippen LogP contribution in [0.3, 0.4) is 0 Å². The zero-order valence-corrected chi connectivity index (χ0v) is 22.3. The summed E-state index contributed by atoms with van der Waals surface area (Å²) in [5, 5.41) is 13.7. The number of anilines is 2. The summed E-state index contributed by atoms with van der Waals surface area (Å²) in [4.78, 5) is 11.6. The Hall–Kier alpha value is -2.88. The van der Waals surface area contributed by atoms with Gasteiger partial charge in [0.15, 0.2) is 0 Å². The minimum atomic E-state index is 0.136. The van der Waals surface area contributed by atoms with Gasteiger partial charge in [0.25, 0.3) is 0 Å².